The first-order valence-corrected chi connectivity index (χ1v) is 4.38. The van der Waals surface area contributed by atoms with Crippen molar-refractivity contribution in [1.82, 2.24) is 4.57 Å². The molecule has 72 valence electrons. The fraction of sp³-hybridized carbons (Fsp3) is 0.556. The number of hydrogen-bond acceptors (Lipinski definition) is 1. The van der Waals surface area contributed by atoms with Crippen LogP contribution in [0.2, 0.25) is 0 Å². The molecule has 1 N–H and O–H groups in total. The highest BCUT2D eigenvalue weighted by Crippen LogP contribution is 2.14. The van der Waals surface area contributed by atoms with E-state index in [4.69, 9.17) is 5.11 Å². The van der Waals surface area contributed by atoms with E-state index in [1.807, 2.05) is 41.8 Å². The van der Waals surface area contributed by atoms with Crippen molar-refractivity contribution in [1.29, 1.82) is 0 Å². The maximum absolute atomic E-state index is 10.5. The van der Waals surface area contributed by atoms with E-state index in [0.717, 1.165) is 6.42 Å². The van der Waals surface area contributed by atoms with Gasteiger partial charge >= 0.3 is 5.97 Å². The van der Waals surface area contributed by atoms with E-state index >= 15 is 0 Å². The Kier molecular flexibility index (Phi) is 3.06. The molecule has 0 amide bonds. The Labute approximate surface area is 77.4 Å². The largest absolute Gasteiger partial charge is 0.481 e. The van der Waals surface area contributed by atoms with Gasteiger partial charge in [0.05, 0.1) is 13.5 Å². The molecule has 4 nitrogen and oxygen atoms in total. The Morgan fingerprint density at radius 1 is 1.69 bits per heavy atom. The van der Waals surface area contributed by atoms with Gasteiger partial charge in [-0.05, 0) is 6.42 Å². The molecule has 1 atom stereocenters. The summed E-state index contributed by atoms with van der Waals surface area (Å²) in [4.78, 5) is 10.5. The first kappa shape index (κ1) is 9.77. The molecule has 1 heterocycles. The highest BCUT2D eigenvalue weighted by Gasteiger charge is 2.17. The van der Waals surface area contributed by atoms with Gasteiger partial charge in [0.15, 0.2) is 0 Å². The predicted molar refractivity (Wildman–Crippen MR) is 47.2 cm³/mol. The molecule has 0 radical (unpaired) electrons. The third kappa shape index (κ3) is 2.57. The van der Waals surface area contributed by atoms with E-state index in [9.17, 15) is 4.79 Å². The van der Waals surface area contributed by atoms with Crippen molar-refractivity contribution >= 4 is 5.97 Å². The Morgan fingerprint density at radius 2 is 2.38 bits per heavy atom. The lowest BCUT2D eigenvalue weighted by Gasteiger charge is -2.07. The van der Waals surface area contributed by atoms with Crippen molar-refractivity contribution in [3.63, 3.8) is 0 Å². The van der Waals surface area contributed by atoms with Crippen LogP contribution in [-0.2, 0) is 11.8 Å². The fourth-order valence-corrected chi connectivity index (χ4v) is 1.35. The summed E-state index contributed by atoms with van der Waals surface area (Å²) in [5.41, 5.74) is 0. The molecule has 0 aliphatic carbocycles. The SMILES string of the molecule is CCC(CC(=O)O)n1cc[n+](C)c1. The smallest absolute Gasteiger partial charge is 0.307 e. The fourth-order valence-electron chi connectivity index (χ4n) is 1.35. The molecule has 0 aromatic carbocycles. The number of aliphatic carboxylic acids is 1. The van der Waals surface area contributed by atoms with E-state index in [-0.39, 0.29) is 12.5 Å². The molecule has 0 aliphatic rings. The summed E-state index contributed by atoms with van der Waals surface area (Å²) in [5.74, 6) is -0.747. The number of carboxylic acid groups (broad SMARTS) is 1. The molecule has 1 rings (SSSR count). The highest BCUT2D eigenvalue weighted by molar-refractivity contribution is 5.67. The number of hydrogen-bond donors (Lipinski definition) is 1. The van der Waals surface area contributed by atoms with E-state index in [1.165, 1.54) is 0 Å². The van der Waals surface area contributed by atoms with Crippen molar-refractivity contribution in [3.8, 4) is 0 Å². The molecule has 0 fully saturated rings. The van der Waals surface area contributed by atoms with E-state index in [2.05, 4.69) is 0 Å². The molecule has 0 aliphatic heterocycles. The minimum absolute atomic E-state index is 0.0682. The van der Waals surface area contributed by atoms with E-state index in [1.54, 1.807) is 0 Å². The van der Waals surface area contributed by atoms with Crippen LogP contribution in [0.25, 0.3) is 0 Å². The third-order valence-corrected chi connectivity index (χ3v) is 2.09. The average molecular weight is 183 g/mol. The molecular formula is C9H15N2O2+. The minimum atomic E-state index is -0.747. The second kappa shape index (κ2) is 4.07. The molecule has 1 aromatic rings. The number of aryl methyl sites for hydroxylation is 1. The zero-order chi connectivity index (χ0) is 9.84. The van der Waals surface area contributed by atoms with Gasteiger partial charge in [-0.2, -0.15) is 0 Å². The summed E-state index contributed by atoms with van der Waals surface area (Å²) in [5, 5.41) is 8.66. The van der Waals surface area contributed by atoms with Crippen LogP contribution in [0.3, 0.4) is 0 Å². The second-order valence-electron chi connectivity index (χ2n) is 3.19. The molecule has 4 heteroatoms. The Balaban J connectivity index is 2.72. The van der Waals surface area contributed by atoms with Crippen molar-refractivity contribution in [2.75, 3.05) is 0 Å². The standard InChI is InChI=1S/C9H14N2O2/c1-3-8(6-9(12)13)11-5-4-10(2)7-11/h4-5,7-8H,3,6H2,1-2H3/p+1. The summed E-state index contributed by atoms with van der Waals surface area (Å²) in [7, 11) is 1.92. The second-order valence-corrected chi connectivity index (χ2v) is 3.19. The quantitative estimate of drug-likeness (QED) is 0.700. The van der Waals surface area contributed by atoms with Crippen LogP contribution in [0.1, 0.15) is 25.8 Å². The molecule has 0 bridgehead atoms. The highest BCUT2D eigenvalue weighted by atomic mass is 16.4. The number of carbonyl (C=O) groups is 1. The number of carboxylic acids is 1. The van der Waals surface area contributed by atoms with Crippen LogP contribution in [0.5, 0.6) is 0 Å². The van der Waals surface area contributed by atoms with Crippen LogP contribution < -0.4 is 4.57 Å². The summed E-state index contributed by atoms with van der Waals surface area (Å²) in [6, 6.07) is 0.0682. The lowest BCUT2D eigenvalue weighted by Crippen LogP contribution is -2.24. The van der Waals surface area contributed by atoms with E-state index < -0.39 is 5.97 Å². The van der Waals surface area contributed by atoms with Crippen LogP contribution in [0, 0.1) is 0 Å². The monoisotopic (exact) mass is 183 g/mol. The molecule has 0 saturated carbocycles. The normalized spacial score (nSPS) is 12.8. The van der Waals surface area contributed by atoms with Gasteiger partial charge in [0.1, 0.15) is 18.4 Å². The van der Waals surface area contributed by atoms with Crippen molar-refractivity contribution in [3.05, 3.63) is 18.7 Å². The maximum atomic E-state index is 10.5. The zero-order valence-electron chi connectivity index (χ0n) is 7.97. The summed E-state index contributed by atoms with van der Waals surface area (Å²) in [6.07, 6.45) is 6.73. The van der Waals surface area contributed by atoms with Gasteiger partial charge in [-0.15, -0.1) is 0 Å². The Bertz CT molecular complexity index is 294. The van der Waals surface area contributed by atoms with Crippen LogP contribution in [0.4, 0.5) is 0 Å². The minimum Gasteiger partial charge on any atom is -0.481 e. The van der Waals surface area contributed by atoms with Gasteiger partial charge in [-0.1, -0.05) is 6.92 Å². The van der Waals surface area contributed by atoms with Gasteiger partial charge in [-0.25, -0.2) is 9.13 Å². The molecule has 1 aromatic heterocycles. The van der Waals surface area contributed by atoms with Crippen molar-refractivity contribution in [2.45, 2.75) is 25.8 Å². The average Bonchev–Trinajstić information content (AvgIpc) is 2.47. The number of rotatable bonds is 4. The van der Waals surface area contributed by atoms with Gasteiger partial charge in [0.2, 0.25) is 6.33 Å². The summed E-state index contributed by atoms with van der Waals surface area (Å²) >= 11 is 0. The molecule has 0 saturated heterocycles. The molecular weight excluding hydrogens is 168 g/mol. The van der Waals surface area contributed by atoms with Gasteiger partial charge in [0.25, 0.3) is 0 Å². The van der Waals surface area contributed by atoms with Crippen LogP contribution in [-0.4, -0.2) is 15.6 Å². The van der Waals surface area contributed by atoms with E-state index in [0.29, 0.717) is 0 Å². The zero-order valence-corrected chi connectivity index (χ0v) is 7.97. The lowest BCUT2D eigenvalue weighted by molar-refractivity contribution is -0.671. The van der Waals surface area contributed by atoms with Gasteiger partial charge < -0.3 is 5.11 Å². The van der Waals surface area contributed by atoms with Crippen molar-refractivity contribution < 1.29 is 14.5 Å². The third-order valence-electron chi connectivity index (χ3n) is 2.09. The van der Waals surface area contributed by atoms with Crippen LogP contribution in [0.15, 0.2) is 18.7 Å². The lowest BCUT2D eigenvalue weighted by atomic mass is 10.1. The molecule has 13 heavy (non-hydrogen) atoms. The van der Waals surface area contributed by atoms with Crippen molar-refractivity contribution in [2.24, 2.45) is 7.05 Å². The molecule has 1 unspecified atom stereocenters. The number of imidazole rings is 1. The predicted octanol–water partition coefficient (Wildman–Crippen LogP) is 0.738. The first-order valence-electron chi connectivity index (χ1n) is 4.38. The number of nitrogens with zero attached hydrogens (tertiary/aromatic N) is 2. The van der Waals surface area contributed by atoms with Gasteiger partial charge in [-0.3, -0.25) is 4.79 Å². The first-order chi connectivity index (χ1) is 6.13. The topological polar surface area (TPSA) is 46.1 Å². The maximum Gasteiger partial charge on any atom is 0.307 e. The summed E-state index contributed by atoms with van der Waals surface area (Å²) < 4.78 is 3.85. The Hall–Kier alpha value is -1.32. The Morgan fingerprint density at radius 3 is 2.77 bits per heavy atom. The van der Waals surface area contributed by atoms with Crippen LogP contribution >= 0.6 is 0 Å². The van der Waals surface area contributed by atoms with Gasteiger partial charge in [0, 0.05) is 0 Å². The number of aromatic nitrogens is 2. The molecule has 0 spiro atoms. The summed E-state index contributed by atoms with van der Waals surface area (Å²) in [6.45, 7) is 1.99.